The average Bonchev–Trinajstić information content (AvgIpc) is 2.83. The third-order valence-corrected chi connectivity index (χ3v) is 4.51. The maximum Gasteiger partial charge on any atom is 0.109 e. The van der Waals surface area contributed by atoms with Crippen molar-refractivity contribution in [2.45, 2.75) is 46.7 Å². The second kappa shape index (κ2) is 6.31. The summed E-state index contributed by atoms with van der Waals surface area (Å²) in [5, 5.41) is 4.74. The Morgan fingerprint density at radius 1 is 1.21 bits per heavy atom. The van der Waals surface area contributed by atoms with Crippen molar-refractivity contribution in [3.05, 3.63) is 51.0 Å². The van der Waals surface area contributed by atoms with Crippen LogP contribution in [-0.2, 0) is 13.0 Å². The van der Waals surface area contributed by atoms with Gasteiger partial charge in [0.05, 0.1) is 6.04 Å². The highest BCUT2D eigenvalue weighted by molar-refractivity contribution is 7.11. The molecule has 19 heavy (non-hydrogen) atoms. The van der Waals surface area contributed by atoms with Gasteiger partial charge in [0.15, 0.2) is 0 Å². The van der Waals surface area contributed by atoms with Gasteiger partial charge in [0.1, 0.15) is 5.01 Å². The molecular weight excluding hydrogens is 252 g/mol. The molecule has 0 saturated heterocycles. The summed E-state index contributed by atoms with van der Waals surface area (Å²) in [6.07, 6.45) is 3.07. The quantitative estimate of drug-likeness (QED) is 0.885. The standard InChI is InChI=1S/C16H22N2S/c1-5-15-10-18-16(19-15)13(4)17-9-14-7-11(2)6-12(3)8-14/h6-8,10,13,17H,5,9H2,1-4H3. The van der Waals surface area contributed by atoms with Gasteiger partial charge >= 0.3 is 0 Å². The van der Waals surface area contributed by atoms with Gasteiger partial charge in [-0.2, -0.15) is 0 Å². The largest absolute Gasteiger partial charge is 0.304 e. The summed E-state index contributed by atoms with van der Waals surface area (Å²) in [6, 6.07) is 7.01. The Morgan fingerprint density at radius 2 is 1.89 bits per heavy atom. The molecular formula is C16H22N2S. The van der Waals surface area contributed by atoms with E-state index >= 15 is 0 Å². The maximum absolute atomic E-state index is 4.49. The number of nitrogens with zero attached hydrogens (tertiary/aromatic N) is 1. The monoisotopic (exact) mass is 274 g/mol. The smallest absolute Gasteiger partial charge is 0.109 e. The number of hydrogen-bond acceptors (Lipinski definition) is 3. The van der Waals surface area contributed by atoms with Crippen LogP contribution in [-0.4, -0.2) is 4.98 Å². The molecule has 102 valence electrons. The Hall–Kier alpha value is -1.19. The van der Waals surface area contributed by atoms with E-state index in [1.54, 1.807) is 0 Å². The number of nitrogens with one attached hydrogen (secondary N) is 1. The molecule has 0 aliphatic carbocycles. The summed E-state index contributed by atoms with van der Waals surface area (Å²) in [5.74, 6) is 0. The van der Waals surface area contributed by atoms with Gasteiger partial charge in [0.25, 0.3) is 0 Å². The first-order valence-electron chi connectivity index (χ1n) is 6.83. The van der Waals surface area contributed by atoms with E-state index in [9.17, 15) is 0 Å². The molecule has 0 spiro atoms. The van der Waals surface area contributed by atoms with Gasteiger partial charge in [-0.3, -0.25) is 0 Å². The van der Waals surface area contributed by atoms with E-state index < -0.39 is 0 Å². The van der Waals surface area contributed by atoms with Gasteiger partial charge in [-0.1, -0.05) is 36.2 Å². The molecule has 3 heteroatoms. The van der Waals surface area contributed by atoms with E-state index in [-0.39, 0.29) is 0 Å². The Morgan fingerprint density at radius 3 is 2.47 bits per heavy atom. The van der Waals surface area contributed by atoms with E-state index in [4.69, 9.17) is 0 Å². The third kappa shape index (κ3) is 3.88. The predicted octanol–water partition coefficient (Wildman–Crippen LogP) is 4.17. The van der Waals surface area contributed by atoms with E-state index in [1.165, 1.54) is 26.6 Å². The van der Waals surface area contributed by atoms with Gasteiger partial charge in [-0.05, 0) is 32.8 Å². The molecule has 2 nitrogen and oxygen atoms in total. The molecule has 1 N–H and O–H groups in total. The van der Waals surface area contributed by atoms with Crippen LogP contribution in [0.25, 0.3) is 0 Å². The third-order valence-electron chi connectivity index (χ3n) is 3.18. The number of benzene rings is 1. The minimum absolute atomic E-state index is 0.311. The number of aryl methyl sites for hydroxylation is 3. The molecule has 1 unspecified atom stereocenters. The molecule has 0 radical (unpaired) electrons. The summed E-state index contributed by atoms with van der Waals surface area (Å²) >= 11 is 1.81. The van der Waals surface area contributed by atoms with Crippen LogP contribution in [0.4, 0.5) is 0 Å². The SMILES string of the molecule is CCc1cnc(C(C)NCc2cc(C)cc(C)c2)s1. The van der Waals surface area contributed by atoms with E-state index in [0.717, 1.165) is 13.0 Å². The molecule has 0 bridgehead atoms. The summed E-state index contributed by atoms with van der Waals surface area (Å²) in [4.78, 5) is 5.85. The number of hydrogen-bond donors (Lipinski definition) is 1. The molecule has 0 aliphatic rings. The van der Waals surface area contributed by atoms with Crippen LogP contribution in [0.2, 0.25) is 0 Å². The van der Waals surface area contributed by atoms with Gasteiger partial charge in [0, 0.05) is 17.6 Å². The first kappa shape index (κ1) is 14.2. The molecule has 1 aromatic carbocycles. The van der Waals surface area contributed by atoms with E-state index in [1.807, 2.05) is 17.5 Å². The first-order valence-corrected chi connectivity index (χ1v) is 7.65. The second-order valence-electron chi connectivity index (χ2n) is 5.12. The zero-order chi connectivity index (χ0) is 13.8. The molecule has 0 saturated carbocycles. The first-order chi connectivity index (χ1) is 9.08. The second-order valence-corrected chi connectivity index (χ2v) is 6.26. The zero-order valence-electron chi connectivity index (χ0n) is 12.2. The van der Waals surface area contributed by atoms with E-state index in [0.29, 0.717) is 6.04 Å². The number of rotatable bonds is 5. The van der Waals surface area contributed by atoms with Crippen LogP contribution in [0.15, 0.2) is 24.4 Å². The average molecular weight is 274 g/mol. The van der Waals surface area contributed by atoms with E-state index in [2.05, 4.69) is 56.2 Å². The van der Waals surface area contributed by atoms with Crippen molar-refractivity contribution in [3.63, 3.8) is 0 Å². The molecule has 0 fully saturated rings. The van der Waals surface area contributed by atoms with Crippen molar-refractivity contribution in [2.75, 3.05) is 0 Å². The lowest BCUT2D eigenvalue weighted by atomic mass is 10.1. The number of thiazole rings is 1. The number of aromatic nitrogens is 1. The fourth-order valence-corrected chi connectivity index (χ4v) is 3.10. The summed E-state index contributed by atoms with van der Waals surface area (Å²) in [7, 11) is 0. The van der Waals surface area contributed by atoms with Crippen LogP contribution < -0.4 is 5.32 Å². The molecule has 0 aliphatic heterocycles. The molecule has 2 aromatic rings. The fourth-order valence-electron chi connectivity index (χ4n) is 2.22. The van der Waals surface area contributed by atoms with Crippen molar-refractivity contribution >= 4 is 11.3 Å². The Balaban J connectivity index is 1.97. The predicted molar refractivity (Wildman–Crippen MR) is 82.7 cm³/mol. The van der Waals surface area contributed by atoms with Gasteiger partial charge < -0.3 is 5.32 Å². The Bertz CT molecular complexity index is 525. The molecule has 0 amide bonds. The topological polar surface area (TPSA) is 24.9 Å². The molecule has 1 aromatic heterocycles. The summed E-state index contributed by atoms with van der Waals surface area (Å²) < 4.78 is 0. The van der Waals surface area contributed by atoms with Crippen molar-refractivity contribution in [3.8, 4) is 0 Å². The van der Waals surface area contributed by atoms with Crippen LogP contribution >= 0.6 is 11.3 Å². The Kier molecular flexibility index (Phi) is 4.72. The zero-order valence-corrected chi connectivity index (χ0v) is 13.0. The fraction of sp³-hybridized carbons (Fsp3) is 0.438. The minimum atomic E-state index is 0.311. The normalized spacial score (nSPS) is 12.6. The lowest BCUT2D eigenvalue weighted by molar-refractivity contribution is 0.571. The highest BCUT2D eigenvalue weighted by Gasteiger charge is 2.09. The Labute approximate surface area is 119 Å². The highest BCUT2D eigenvalue weighted by atomic mass is 32.1. The lowest BCUT2D eigenvalue weighted by Gasteiger charge is -2.12. The van der Waals surface area contributed by atoms with Gasteiger partial charge in [-0.15, -0.1) is 11.3 Å². The lowest BCUT2D eigenvalue weighted by Crippen LogP contribution is -2.18. The van der Waals surface area contributed by atoms with Crippen molar-refractivity contribution in [1.29, 1.82) is 0 Å². The minimum Gasteiger partial charge on any atom is -0.304 e. The van der Waals surface area contributed by atoms with Crippen LogP contribution in [0, 0.1) is 13.8 Å². The van der Waals surface area contributed by atoms with Crippen molar-refractivity contribution in [1.82, 2.24) is 10.3 Å². The molecule has 1 atom stereocenters. The maximum atomic E-state index is 4.49. The summed E-state index contributed by atoms with van der Waals surface area (Å²) in [5.41, 5.74) is 4.00. The van der Waals surface area contributed by atoms with Crippen molar-refractivity contribution < 1.29 is 0 Å². The van der Waals surface area contributed by atoms with Crippen molar-refractivity contribution in [2.24, 2.45) is 0 Å². The van der Waals surface area contributed by atoms with Gasteiger partial charge in [0.2, 0.25) is 0 Å². The molecule has 2 rings (SSSR count). The molecule has 1 heterocycles. The van der Waals surface area contributed by atoms with Crippen LogP contribution in [0.3, 0.4) is 0 Å². The van der Waals surface area contributed by atoms with Crippen LogP contribution in [0.5, 0.6) is 0 Å². The highest BCUT2D eigenvalue weighted by Crippen LogP contribution is 2.20. The van der Waals surface area contributed by atoms with Crippen LogP contribution in [0.1, 0.15) is 46.5 Å². The summed E-state index contributed by atoms with van der Waals surface area (Å²) in [6.45, 7) is 9.54. The van der Waals surface area contributed by atoms with Gasteiger partial charge in [-0.25, -0.2) is 4.98 Å².